The number of carbonyl (C=O) groups is 1. The maximum atomic E-state index is 11.2. The Hall–Kier alpha value is -3.65. The average molecular weight is 462 g/mol. The SMILES string of the molecule is CCOc1cc(CN2CCC(Nc3ncc(-c4ccc(C(N)=O)cc4)cn3)CC2)ccc1OC. The summed E-state index contributed by atoms with van der Waals surface area (Å²) in [5.41, 5.74) is 8.84. The minimum Gasteiger partial charge on any atom is -0.493 e. The Labute approximate surface area is 200 Å². The predicted molar refractivity (Wildman–Crippen MR) is 132 cm³/mol. The summed E-state index contributed by atoms with van der Waals surface area (Å²) >= 11 is 0. The van der Waals surface area contributed by atoms with Crippen LogP contribution < -0.4 is 20.5 Å². The lowest BCUT2D eigenvalue weighted by Crippen LogP contribution is -2.38. The monoisotopic (exact) mass is 461 g/mol. The zero-order valence-corrected chi connectivity index (χ0v) is 19.7. The van der Waals surface area contributed by atoms with Crippen molar-refractivity contribution in [1.82, 2.24) is 14.9 Å². The zero-order chi connectivity index (χ0) is 23.9. The van der Waals surface area contributed by atoms with Crippen molar-refractivity contribution in [3.63, 3.8) is 0 Å². The van der Waals surface area contributed by atoms with E-state index in [2.05, 4.69) is 32.3 Å². The Morgan fingerprint density at radius 3 is 2.38 bits per heavy atom. The van der Waals surface area contributed by atoms with Crippen LogP contribution in [0.4, 0.5) is 5.95 Å². The minimum atomic E-state index is -0.437. The molecule has 8 heteroatoms. The maximum Gasteiger partial charge on any atom is 0.248 e. The summed E-state index contributed by atoms with van der Waals surface area (Å²) in [6.07, 6.45) is 5.63. The highest BCUT2D eigenvalue weighted by Gasteiger charge is 2.20. The van der Waals surface area contributed by atoms with E-state index < -0.39 is 5.91 Å². The van der Waals surface area contributed by atoms with Crippen molar-refractivity contribution in [3.05, 3.63) is 66.0 Å². The number of hydrogen-bond donors (Lipinski definition) is 2. The van der Waals surface area contributed by atoms with Crippen molar-refractivity contribution in [3.8, 4) is 22.6 Å². The molecule has 8 nitrogen and oxygen atoms in total. The first-order valence-electron chi connectivity index (χ1n) is 11.6. The number of benzene rings is 2. The van der Waals surface area contributed by atoms with Crippen molar-refractivity contribution in [1.29, 1.82) is 0 Å². The number of rotatable bonds is 9. The van der Waals surface area contributed by atoms with Gasteiger partial charge in [0.1, 0.15) is 0 Å². The summed E-state index contributed by atoms with van der Waals surface area (Å²) in [7, 11) is 1.66. The van der Waals surface area contributed by atoms with Gasteiger partial charge in [-0.15, -0.1) is 0 Å². The van der Waals surface area contributed by atoms with Gasteiger partial charge in [-0.05, 0) is 55.2 Å². The van der Waals surface area contributed by atoms with E-state index in [-0.39, 0.29) is 0 Å². The maximum absolute atomic E-state index is 11.2. The average Bonchev–Trinajstić information content (AvgIpc) is 2.86. The third kappa shape index (κ3) is 5.82. The number of ether oxygens (including phenoxy) is 2. The number of primary amides is 1. The van der Waals surface area contributed by atoms with Gasteiger partial charge in [0.2, 0.25) is 11.9 Å². The molecular formula is C26H31N5O3. The van der Waals surface area contributed by atoms with Crippen LogP contribution in [0.3, 0.4) is 0 Å². The molecule has 0 saturated carbocycles. The Kier molecular flexibility index (Phi) is 7.59. The van der Waals surface area contributed by atoms with E-state index in [0.717, 1.165) is 55.1 Å². The first-order chi connectivity index (χ1) is 16.6. The predicted octanol–water partition coefficient (Wildman–Crippen LogP) is 3.73. The van der Waals surface area contributed by atoms with Gasteiger partial charge in [0.15, 0.2) is 11.5 Å². The topological polar surface area (TPSA) is 103 Å². The standard InChI is InChI=1S/C26H31N5O3/c1-3-34-24-14-18(4-9-23(24)33-2)17-31-12-10-22(11-13-31)30-26-28-15-21(16-29-26)19-5-7-20(8-6-19)25(27)32/h4-9,14-16,22H,3,10-13,17H2,1-2H3,(H2,27,32)(H,28,29,30). The molecule has 2 aromatic carbocycles. The third-order valence-corrected chi connectivity index (χ3v) is 6.01. The molecule has 1 amide bonds. The van der Waals surface area contributed by atoms with Gasteiger partial charge in [0.25, 0.3) is 0 Å². The van der Waals surface area contributed by atoms with E-state index in [9.17, 15) is 4.79 Å². The Bertz CT molecular complexity index is 1090. The largest absolute Gasteiger partial charge is 0.493 e. The van der Waals surface area contributed by atoms with Crippen LogP contribution in [0.5, 0.6) is 11.5 Å². The summed E-state index contributed by atoms with van der Waals surface area (Å²) in [6, 6.07) is 13.6. The highest BCUT2D eigenvalue weighted by Crippen LogP contribution is 2.29. The molecule has 1 saturated heterocycles. The second kappa shape index (κ2) is 11.0. The number of nitrogens with two attached hydrogens (primary N) is 1. The van der Waals surface area contributed by atoms with Crippen LogP contribution >= 0.6 is 0 Å². The third-order valence-electron chi connectivity index (χ3n) is 6.01. The van der Waals surface area contributed by atoms with E-state index in [0.29, 0.717) is 24.2 Å². The molecule has 3 aromatic rings. The fourth-order valence-electron chi connectivity index (χ4n) is 4.14. The molecule has 1 aliphatic heterocycles. The van der Waals surface area contributed by atoms with Gasteiger partial charge < -0.3 is 20.5 Å². The number of hydrogen-bond acceptors (Lipinski definition) is 7. The molecule has 0 unspecified atom stereocenters. The highest BCUT2D eigenvalue weighted by atomic mass is 16.5. The van der Waals surface area contributed by atoms with Gasteiger partial charge in [0.05, 0.1) is 13.7 Å². The summed E-state index contributed by atoms with van der Waals surface area (Å²) in [5.74, 6) is 1.76. The molecule has 0 atom stereocenters. The van der Waals surface area contributed by atoms with Crippen LogP contribution in [-0.2, 0) is 6.54 Å². The smallest absolute Gasteiger partial charge is 0.248 e. The quantitative estimate of drug-likeness (QED) is 0.501. The molecular weight excluding hydrogens is 430 g/mol. The summed E-state index contributed by atoms with van der Waals surface area (Å²) < 4.78 is 11.1. The lowest BCUT2D eigenvalue weighted by atomic mass is 10.0. The molecule has 1 aromatic heterocycles. The van der Waals surface area contributed by atoms with E-state index in [4.69, 9.17) is 15.2 Å². The molecule has 1 fully saturated rings. The van der Waals surface area contributed by atoms with Gasteiger partial charge in [-0.2, -0.15) is 0 Å². The number of aromatic nitrogens is 2. The molecule has 0 aliphatic carbocycles. The van der Waals surface area contributed by atoms with Crippen LogP contribution in [-0.4, -0.2) is 53.6 Å². The van der Waals surface area contributed by atoms with E-state index in [1.54, 1.807) is 31.6 Å². The number of carbonyl (C=O) groups excluding carboxylic acids is 1. The lowest BCUT2D eigenvalue weighted by molar-refractivity contribution is 0.100. The van der Waals surface area contributed by atoms with Gasteiger partial charge in [0, 0.05) is 49.2 Å². The number of likely N-dealkylation sites (tertiary alicyclic amines) is 1. The minimum absolute atomic E-state index is 0.340. The molecule has 3 N–H and O–H groups in total. The lowest BCUT2D eigenvalue weighted by Gasteiger charge is -2.32. The summed E-state index contributed by atoms with van der Waals surface area (Å²) in [6.45, 7) is 5.47. The van der Waals surface area contributed by atoms with E-state index in [1.807, 2.05) is 25.1 Å². The number of amides is 1. The number of piperidine rings is 1. The van der Waals surface area contributed by atoms with Crippen molar-refractivity contribution in [2.24, 2.45) is 5.73 Å². The first-order valence-corrected chi connectivity index (χ1v) is 11.6. The second-order valence-corrected chi connectivity index (χ2v) is 8.35. The van der Waals surface area contributed by atoms with Gasteiger partial charge in [-0.1, -0.05) is 18.2 Å². The second-order valence-electron chi connectivity index (χ2n) is 8.35. The normalized spacial score (nSPS) is 14.5. The number of methoxy groups -OCH3 is 1. The van der Waals surface area contributed by atoms with Crippen LogP contribution in [0.2, 0.25) is 0 Å². The molecule has 4 rings (SSSR count). The zero-order valence-electron chi connectivity index (χ0n) is 19.7. The summed E-state index contributed by atoms with van der Waals surface area (Å²) in [5, 5.41) is 3.46. The Balaban J connectivity index is 1.28. The van der Waals surface area contributed by atoms with Crippen molar-refractivity contribution in [2.75, 3.05) is 32.1 Å². The van der Waals surface area contributed by atoms with Crippen LogP contribution in [0.25, 0.3) is 11.1 Å². The fourth-order valence-corrected chi connectivity index (χ4v) is 4.14. The van der Waals surface area contributed by atoms with Crippen molar-refractivity contribution in [2.45, 2.75) is 32.4 Å². The fraction of sp³-hybridized carbons (Fsp3) is 0.346. The molecule has 2 heterocycles. The number of nitrogens with one attached hydrogen (secondary N) is 1. The van der Waals surface area contributed by atoms with Gasteiger partial charge in [-0.3, -0.25) is 9.69 Å². The van der Waals surface area contributed by atoms with Crippen molar-refractivity contribution >= 4 is 11.9 Å². The van der Waals surface area contributed by atoms with Crippen LogP contribution in [0.15, 0.2) is 54.9 Å². The molecule has 0 radical (unpaired) electrons. The summed E-state index contributed by atoms with van der Waals surface area (Å²) in [4.78, 5) is 22.7. The first kappa shape index (κ1) is 23.5. The number of nitrogens with zero attached hydrogens (tertiary/aromatic N) is 3. The van der Waals surface area contributed by atoms with Crippen LogP contribution in [0, 0.1) is 0 Å². The van der Waals surface area contributed by atoms with Gasteiger partial charge >= 0.3 is 0 Å². The van der Waals surface area contributed by atoms with E-state index >= 15 is 0 Å². The molecule has 178 valence electrons. The molecule has 0 spiro atoms. The number of anilines is 1. The van der Waals surface area contributed by atoms with E-state index in [1.165, 1.54) is 5.56 Å². The van der Waals surface area contributed by atoms with Crippen molar-refractivity contribution < 1.29 is 14.3 Å². The molecule has 1 aliphatic rings. The Morgan fingerprint density at radius 2 is 1.76 bits per heavy atom. The Morgan fingerprint density at radius 1 is 1.06 bits per heavy atom. The highest BCUT2D eigenvalue weighted by molar-refractivity contribution is 5.93. The van der Waals surface area contributed by atoms with Gasteiger partial charge in [-0.25, -0.2) is 9.97 Å². The van der Waals surface area contributed by atoms with Crippen LogP contribution in [0.1, 0.15) is 35.7 Å². The molecule has 0 bridgehead atoms. The molecule has 34 heavy (non-hydrogen) atoms.